The molecule has 6 nitrogen and oxygen atoms in total. The molecule has 0 spiro atoms. The van der Waals surface area contributed by atoms with Crippen molar-refractivity contribution in [2.75, 3.05) is 24.5 Å². The molecule has 0 saturated carbocycles. The van der Waals surface area contributed by atoms with Crippen LogP contribution in [0.4, 0.5) is 5.69 Å². The molecule has 1 aromatic carbocycles. The van der Waals surface area contributed by atoms with Crippen molar-refractivity contribution in [3.63, 3.8) is 0 Å². The predicted molar refractivity (Wildman–Crippen MR) is 76.6 cm³/mol. The quantitative estimate of drug-likeness (QED) is 0.819. The van der Waals surface area contributed by atoms with Crippen LogP contribution in [0.3, 0.4) is 0 Å². The number of nitrogens with zero attached hydrogens (tertiary/aromatic N) is 3. The van der Waals surface area contributed by atoms with E-state index in [4.69, 9.17) is 10.4 Å². The van der Waals surface area contributed by atoms with E-state index in [2.05, 4.69) is 0 Å². The van der Waals surface area contributed by atoms with Crippen molar-refractivity contribution >= 4 is 17.6 Å². The second kappa shape index (κ2) is 6.86. The van der Waals surface area contributed by atoms with Crippen molar-refractivity contribution in [3.05, 3.63) is 30.3 Å². The van der Waals surface area contributed by atoms with Crippen LogP contribution in [0.25, 0.3) is 0 Å². The van der Waals surface area contributed by atoms with Crippen LogP contribution in [-0.4, -0.2) is 47.6 Å². The number of hydrogen-bond donors (Lipinski definition) is 1. The molecule has 1 fully saturated rings. The largest absolute Gasteiger partial charge is 0.480 e. The summed E-state index contributed by atoms with van der Waals surface area (Å²) in [6, 6.07) is 10.3. The molecule has 0 bridgehead atoms. The number of rotatable bonds is 5. The molecule has 0 aliphatic carbocycles. The van der Waals surface area contributed by atoms with Gasteiger partial charge in [-0.05, 0) is 31.5 Å². The molecule has 1 aromatic rings. The molecule has 0 radical (unpaired) electrons. The van der Waals surface area contributed by atoms with E-state index in [0.717, 1.165) is 6.42 Å². The van der Waals surface area contributed by atoms with E-state index < -0.39 is 12.0 Å². The number of carboxylic acid groups (broad SMARTS) is 1. The summed E-state index contributed by atoms with van der Waals surface area (Å²) in [5.41, 5.74) is 0.648. The minimum atomic E-state index is -0.896. The number of hydrogen-bond acceptors (Lipinski definition) is 4. The molecular formula is C15H17N3O3. The van der Waals surface area contributed by atoms with Crippen LogP contribution in [0, 0.1) is 11.3 Å². The summed E-state index contributed by atoms with van der Waals surface area (Å²) in [6.45, 7) is 0.569. The zero-order chi connectivity index (χ0) is 15.2. The van der Waals surface area contributed by atoms with Crippen LogP contribution < -0.4 is 4.90 Å². The van der Waals surface area contributed by atoms with E-state index in [9.17, 15) is 9.59 Å². The van der Waals surface area contributed by atoms with Gasteiger partial charge in [-0.1, -0.05) is 18.2 Å². The average molecular weight is 287 g/mol. The molecule has 1 heterocycles. The van der Waals surface area contributed by atoms with Gasteiger partial charge in [0.1, 0.15) is 12.6 Å². The summed E-state index contributed by atoms with van der Waals surface area (Å²) in [7, 11) is 0. The Labute approximate surface area is 123 Å². The first-order valence-corrected chi connectivity index (χ1v) is 6.82. The fourth-order valence-electron chi connectivity index (χ4n) is 2.56. The fourth-order valence-corrected chi connectivity index (χ4v) is 2.56. The summed E-state index contributed by atoms with van der Waals surface area (Å²) < 4.78 is 0. The zero-order valence-electron chi connectivity index (χ0n) is 11.6. The SMILES string of the molecule is N#CCN(C(=O)CN1CCCC1C(=O)O)c1ccccc1. The molecule has 1 unspecified atom stereocenters. The number of aliphatic carboxylic acids is 1. The normalized spacial score (nSPS) is 18.1. The average Bonchev–Trinajstić information content (AvgIpc) is 2.94. The van der Waals surface area contributed by atoms with E-state index >= 15 is 0 Å². The monoisotopic (exact) mass is 287 g/mol. The molecule has 0 aromatic heterocycles. The van der Waals surface area contributed by atoms with Gasteiger partial charge in [0.15, 0.2) is 0 Å². The third-order valence-corrected chi connectivity index (χ3v) is 3.58. The summed E-state index contributed by atoms with van der Waals surface area (Å²) >= 11 is 0. The summed E-state index contributed by atoms with van der Waals surface area (Å²) in [5.74, 6) is -1.15. The van der Waals surface area contributed by atoms with Crippen molar-refractivity contribution in [3.8, 4) is 6.07 Å². The minimum absolute atomic E-state index is 0.0214. The number of carboxylic acids is 1. The van der Waals surface area contributed by atoms with Gasteiger partial charge in [0, 0.05) is 5.69 Å². The van der Waals surface area contributed by atoms with Gasteiger partial charge in [0.25, 0.3) is 0 Å². The Morgan fingerprint density at radius 2 is 2.10 bits per heavy atom. The first-order valence-electron chi connectivity index (χ1n) is 6.82. The Kier molecular flexibility index (Phi) is 4.90. The van der Waals surface area contributed by atoms with Crippen molar-refractivity contribution < 1.29 is 14.7 Å². The maximum atomic E-state index is 12.4. The first-order chi connectivity index (χ1) is 10.1. The van der Waals surface area contributed by atoms with Crippen molar-refractivity contribution in [2.45, 2.75) is 18.9 Å². The second-order valence-corrected chi connectivity index (χ2v) is 4.94. The van der Waals surface area contributed by atoms with Crippen LogP contribution >= 0.6 is 0 Å². The molecule has 2 rings (SSSR count). The third-order valence-electron chi connectivity index (χ3n) is 3.58. The molecule has 110 valence electrons. The summed E-state index contributed by atoms with van der Waals surface area (Å²) in [4.78, 5) is 26.6. The van der Waals surface area contributed by atoms with Crippen LogP contribution in [0.1, 0.15) is 12.8 Å². The highest BCUT2D eigenvalue weighted by molar-refractivity contribution is 5.95. The van der Waals surface area contributed by atoms with E-state index in [1.54, 1.807) is 29.2 Å². The molecule has 1 N–H and O–H groups in total. The topological polar surface area (TPSA) is 84.6 Å². The lowest BCUT2D eigenvalue weighted by atomic mass is 10.2. The third kappa shape index (κ3) is 3.58. The number of likely N-dealkylation sites (tertiary alicyclic amines) is 1. The van der Waals surface area contributed by atoms with E-state index in [1.165, 1.54) is 4.90 Å². The van der Waals surface area contributed by atoms with Gasteiger partial charge in [0.05, 0.1) is 12.6 Å². The van der Waals surface area contributed by atoms with Crippen molar-refractivity contribution in [2.24, 2.45) is 0 Å². The highest BCUT2D eigenvalue weighted by Gasteiger charge is 2.32. The van der Waals surface area contributed by atoms with Crippen LogP contribution in [0.15, 0.2) is 30.3 Å². The predicted octanol–water partition coefficient (Wildman–Crippen LogP) is 1.09. The van der Waals surface area contributed by atoms with Gasteiger partial charge in [-0.2, -0.15) is 5.26 Å². The van der Waals surface area contributed by atoms with Gasteiger partial charge in [-0.25, -0.2) is 0 Å². The molecule has 21 heavy (non-hydrogen) atoms. The van der Waals surface area contributed by atoms with Gasteiger partial charge in [-0.15, -0.1) is 0 Å². The minimum Gasteiger partial charge on any atom is -0.480 e. The Morgan fingerprint density at radius 1 is 1.38 bits per heavy atom. The number of nitriles is 1. The van der Waals surface area contributed by atoms with Crippen molar-refractivity contribution in [1.82, 2.24) is 4.90 Å². The highest BCUT2D eigenvalue weighted by atomic mass is 16.4. The van der Waals surface area contributed by atoms with E-state index in [-0.39, 0.29) is 19.0 Å². The molecule has 1 aliphatic rings. The lowest BCUT2D eigenvalue weighted by Crippen LogP contribution is -2.44. The maximum absolute atomic E-state index is 12.4. The second-order valence-electron chi connectivity index (χ2n) is 4.94. The van der Waals surface area contributed by atoms with Gasteiger partial charge in [0.2, 0.25) is 5.91 Å². The first kappa shape index (κ1) is 15.0. The van der Waals surface area contributed by atoms with Gasteiger partial charge < -0.3 is 5.11 Å². The lowest BCUT2D eigenvalue weighted by molar-refractivity contribution is -0.142. The summed E-state index contributed by atoms with van der Waals surface area (Å²) in [5, 5.41) is 18.0. The smallest absolute Gasteiger partial charge is 0.320 e. The highest BCUT2D eigenvalue weighted by Crippen LogP contribution is 2.19. The van der Waals surface area contributed by atoms with Crippen molar-refractivity contribution in [1.29, 1.82) is 5.26 Å². The molecule has 1 atom stereocenters. The van der Waals surface area contributed by atoms with Crippen LogP contribution in [0.5, 0.6) is 0 Å². The number of para-hydroxylation sites is 1. The Morgan fingerprint density at radius 3 is 2.71 bits per heavy atom. The van der Waals surface area contributed by atoms with Crippen LogP contribution in [-0.2, 0) is 9.59 Å². The van der Waals surface area contributed by atoms with E-state index in [0.29, 0.717) is 18.7 Å². The zero-order valence-corrected chi connectivity index (χ0v) is 11.6. The molecular weight excluding hydrogens is 270 g/mol. The molecule has 6 heteroatoms. The fraction of sp³-hybridized carbons (Fsp3) is 0.400. The number of amides is 1. The number of carbonyl (C=O) groups excluding carboxylic acids is 1. The number of anilines is 1. The standard InChI is InChI=1S/C15H17N3O3/c16-8-10-18(12-5-2-1-3-6-12)14(19)11-17-9-4-7-13(17)15(20)21/h1-3,5-6,13H,4,7,9-11H2,(H,20,21). The molecule has 1 amide bonds. The van der Waals surface area contributed by atoms with E-state index in [1.807, 2.05) is 12.1 Å². The Bertz CT molecular complexity index is 553. The number of carbonyl (C=O) groups is 2. The maximum Gasteiger partial charge on any atom is 0.320 e. The summed E-state index contributed by atoms with van der Waals surface area (Å²) in [6.07, 6.45) is 1.33. The Balaban J connectivity index is 2.09. The van der Waals surface area contributed by atoms with Gasteiger partial charge in [-0.3, -0.25) is 19.4 Å². The lowest BCUT2D eigenvalue weighted by Gasteiger charge is -2.25. The molecule has 1 aliphatic heterocycles. The number of benzene rings is 1. The Hall–Kier alpha value is -2.39. The van der Waals surface area contributed by atoms with Crippen LogP contribution in [0.2, 0.25) is 0 Å². The van der Waals surface area contributed by atoms with Gasteiger partial charge >= 0.3 is 5.97 Å². The molecule has 1 saturated heterocycles.